The minimum Gasteiger partial charge on any atom is -0.383 e. The molecule has 0 atom stereocenters. The molecule has 0 saturated carbocycles. The Labute approximate surface area is 168 Å². The second-order valence-corrected chi connectivity index (χ2v) is 7.49. The van der Waals surface area contributed by atoms with Crippen LogP contribution in [0.4, 0.5) is 0 Å². The van der Waals surface area contributed by atoms with E-state index in [2.05, 4.69) is 31.2 Å². The summed E-state index contributed by atoms with van der Waals surface area (Å²) < 4.78 is 6.97. The molecule has 0 radical (unpaired) electrons. The summed E-state index contributed by atoms with van der Waals surface area (Å²) >= 11 is 1.52. The lowest BCUT2D eigenvalue weighted by Crippen LogP contribution is -2.25. The molecule has 4 nitrogen and oxygen atoms in total. The summed E-state index contributed by atoms with van der Waals surface area (Å²) in [6.07, 6.45) is 0.997. The Hall–Kier alpha value is -2.76. The summed E-state index contributed by atoms with van der Waals surface area (Å²) in [6.45, 7) is 3.06. The Morgan fingerprint density at radius 3 is 2.46 bits per heavy atom. The molecule has 0 aliphatic rings. The van der Waals surface area contributed by atoms with Crippen molar-refractivity contribution < 1.29 is 4.74 Å². The molecule has 0 fully saturated rings. The van der Waals surface area contributed by atoms with Gasteiger partial charge in [-0.2, -0.15) is 0 Å². The van der Waals surface area contributed by atoms with Gasteiger partial charge in [-0.3, -0.25) is 9.36 Å². The molecule has 2 heterocycles. The molecule has 0 bridgehead atoms. The van der Waals surface area contributed by atoms with Crippen LogP contribution >= 0.6 is 11.3 Å². The van der Waals surface area contributed by atoms with Crippen molar-refractivity contribution in [1.29, 1.82) is 0 Å². The van der Waals surface area contributed by atoms with Crippen molar-refractivity contribution in [2.45, 2.75) is 19.9 Å². The van der Waals surface area contributed by atoms with Crippen molar-refractivity contribution in [3.63, 3.8) is 0 Å². The first kappa shape index (κ1) is 18.6. The van der Waals surface area contributed by atoms with Crippen molar-refractivity contribution in [3.8, 4) is 22.5 Å². The number of ether oxygens (including phenoxy) is 1. The van der Waals surface area contributed by atoms with Gasteiger partial charge in [0.1, 0.15) is 10.7 Å². The normalized spacial score (nSPS) is 11.2. The zero-order valence-electron chi connectivity index (χ0n) is 16.0. The highest BCUT2D eigenvalue weighted by molar-refractivity contribution is 7.17. The van der Waals surface area contributed by atoms with E-state index in [1.54, 1.807) is 11.7 Å². The predicted octanol–water partition coefficient (Wildman–Crippen LogP) is 5.00. The minimum absolute atomic E-state index is 0.0169. The van der Waals surface area contributed by atoms with Crippen LogP contribution in [0.1, 0.15) is 12.5 Å². The Bertz CT molecular complexity index is 1150. The lowest BCUT2D eigenvalue weighted by molar-refractivity contribution is 0.186. The lowest BCUT2D eigenvalue weighted by atomic mass is 10.0. The fourth-order valence-corrected chi connectivity index (χ4v) is 4.29. The zero-order valence-corrected chi connectivity index (χ0v) is 16.8. The highest BCUT2D eigenvalue weighted by Crippen LogP contribution is 2.32. The van der Waals surface area contributed by atoms with Gasteiger partial charge in [-0.15, -0.1) is 11.3 Å². The third-order valence-electron chi connectivity index (χ3n) is 4.92. The van der Waals surface area contributed by atoms with Crippen molar-refractivity contribution in [1.82, 2.24) is 9.55 Å². The predicted molar refractivity (Wildman–Crippen MR) is 116 cm³/mol. The van der Waals surface area contributed by atoms with E-state index in [0.717, 1.165) is 27.9 Å². The summed E-state index contributed by atoms with van der Waals surface area (Å²) in [4.78, 5) is 19.1. The van der Waals surface area contributed by atoms with E-state index < -0.39 is 0 Å². The number of hydrogen-bond donors (Lipinski definition) is 0. The summed E-state index contributed by atoms with van der Waals surface area (Å²) in [7, 11) is 1.64. The highest BCUT2D eigenvalue weighted by atomic mass is 32.1. The highest BCUT2D eigenvalue weighted by Gasteiger charge is 2.18. The minimum atomic E-state index is -0.0169. The van der Waals surface area contributed by atoms with Crippen molar-refractivity contribution in [3.05, 3.63) is 75.9 Å². The van der Waals surface area contributed by atoms with Crippen LogP contribution in [0.15, 0.2) is 64.8 Å². The van der Waals surface area contributed by atoms with E-state index in [0.29, 0.717) is 24.4 Å². The van der Waals surface area contributed by atoms with E-state index in [4.69, 9.17) is 9.72 Å². The zero-order chi connectivity index (χ0) is 19.5. The topological polar surface area (TPSA) is 44.1 Å². The number of fused-ring (bicyclic) bond motifs is 1. The maximum atomic E-state index is 13.5. The van der Waals surface area contributed by atoms with E-state index in [1.807, 2.05) is 35.7 Å². The monoisotopic (exact) mass is 390 g/mol. The number of thiophene rings is 1. The third kappa shape index (κ3) is 3.39. The molecule has 0 unspecified atom stereocenters. The number of methoxy groups -OCH3 is 1. The van der Waals surface area contributed by atoms with E-state index in [-0.39, 0.29) is 5.56 Å². The van der Waals surface area contributed by atoms with Crippen LogP contribution in [-0.2, 0) is 17.7 Å². The number of aromatic nitrogens is 2. The lowest BCUT2D eigenvalue weighted by Gasteiger charge is -2.13. The largest absolute Gasteiger partial charge is 0.383 e. The van der Waals surface area contributed by atoms with Gasteiger partial charge in [0.05, 0.1) is 18.5 Å². The molecule has 0 N–H and O–H groups in total. The van der Waals surface area contributed by atoms with E-state index in [1.165, 1.54) is 16.9 Å². The molecule has 142 valence electrons. The maximum Gasteiger partial charge on any atom is 0.263 e. The van der Waals surface area contributed by atoms with Crippen LogP contribution in [0.25, 0.3) is 32.7 Å². The van der Waals surface area contributed by atoms with Crippen LogP contribution in [0.2, 0.25) is 0 Å². The Morgan fingerprint density at radius 2 is 1.79 bits per heavy atom. The van der Waals surface area contributed by atoms with Crippen LogP contribution in [0.5, 0.6) is 0 Å². The number of benzene rings is 2. The molecule has 2 aromatic heterocycles. The number of nitrogens with zero attached hydrogens (tertiary/aromatic N) is 2. The Balaban J connectivity index is 1.93. The van der Waals surface area contributed by atoms with Crippen LogP contribution in [-0.4, -0.2) is 23.3 Å². The molecule has 0 aliphatic carbocycles. The van der Waals surface area contributed by atoms with Gasteiger partial charge in [-0.25, -0.2) is 4.98 Å². The van der Waals surface area contributed by atoms with Gasteiger partial charge in [-0.1, -0.05) is 61.5 Å². The van der Waals surface area contributed by atoms with Gasteiger partial charge in [0, 0.05) is 23.6 Å². The standard InChI is InChI=1S/C23H22N2O2S/c1-3-16-9-11-17(12-10-16)19-15-28-22-20(19)23(26)25(13-14-27-2)21(24-22)18-7-5-4-6-8-18/h4-12,15H,3,13-14H2,1-2H3. The first-order valence-electron chi connectivity index (χ1n) is 9.38. The second-order valence-electron chi connectivity index (χ2n) is 6.63. The van der Waals surface area contributed by atoms with Crippen molar-refractivity contribution in [2.24, 2.45) is 0 Å². The molecular weight excluding hydrogens is 368 g/mol. The van der Waals surface area contributed by atoms with Gasteiger partial charge in [0.25, 0.3) is 5.56 Å². The average Bonchev–Trinajstić information content (AvgIpc) is 3.18. The third-order valence-corrected chi connectivity index (χ3v) is 5.79. The maximum absolute atomic E-state index is 13.5. The molecule has 4 rings (SSSR count). The van der Waals surface area contributed by atoms with Gasteiger partial charge in [0.2, 0.25) is 0 Å². The molecule has 5 heteroatoms. The van der Waals surface area contributed by atoms with Gasteiger partial charge < -0.3 is 4.74 Å². The Morgan fingerprint density at radius 1 is 1.04 bits per heavy atom. The summed E-state index contributed by atoms with van der Waals surface area (Å²) in [5.41, 5.74) is 4.20. The molecule has 0 aliphatic heterocycles. The molecule has 2 aromatic carbocycles. The molecule has 0 saturated heterocycles. The molecule has 4 aromatic rings. The van der Waals surface area contributed by atoms with Crippen LogP contribution < -0.4 is 5.56 Å². The van der Waals surface area contributed by atoms with Crippen molar-refractivity contribution >= 4 is 21.6 Å². The Kier molecular flexibility index (Phi) is 5.37. The fraction of sp³-hybridized carbons (Fsp3) is 0.217. The number of aryl methyl sites for hydroxylation is 1. The molecule has 0 spiro atoms. The molecule has 28 heavy (non-hydrogen) atoms. The van der Waals surface area contributed by atoms with Gasteiger partial charge in [-0.05, 0) is 17.5 Å². The second kappa shape index (κ2) is 8.09. The average molecular weight is 391 g/mol. The number of hydrogen-bond acceptors (Lipinski definition) is 4. The quantitative estimate of drug-likeness (QED) is 0.465. The van der Waals surface area contributed by atoms with E-state index >= 15 is 0 Å². The van der Waals surface area contributed by atoms with Crippen LogP contribution in [0.3, 0.4) is 0 Å². The molecular formula is C23H22N2O2S. The van der Waals surface area contributed by atoms with Crippen molar-refractivity contribution in [2.75, 3.05) is 13.7 Å². The first-order chi connectivity index (χ1) is 13.7. The smallest absolute Gasteiger partial charge is 0.263 e. The fourth-order valence-electron chi connectivity index (χ4n) is 3.35. The van der Waals surface area contributed by atoms with E-state index in [9.17, 15) is 4.79 Å². The molecule has 0 amide bonds. The first-order valence-corrected chi connectivity index (χ1v) is 10.3. The summed E-state index contributed by atoms with van der Waals surface area (Å²) in [6, 6.07) is 18.3. The number of rotatable bonds is 6. The summed E-state index contributed by atoms with van der Waals surface area (Å²) in [5, 5.41) is 2.72. The van der Waals surface area contributed by atoms with Gasteiger partial charge in [0.15, 0.2) is 0 Å². The van der Waals surface area contributed by atoms with Gasteiger partial charge >= 0.3 is 0 Å². The van der Waals surface area contributed by atoms with Crippen LogP contribution in [0, 0.1) is 0 Å². The SMILES string of the molecule is CCc1ccc(-c2csc3nc(-c4ccccc4)n(CCOC)c(=O)c23)cc1. The summed E-state index contributed by atoms with van der Waals surface area (Å²) in [5.74, 6) is 0.685.